The SMILES string of the molecule is Cc1cc(N2CCCC(N)CC2)nc(-c2ccccc2)n1.Cl.Cl. The third-order valence-corrected chi connectivity index (χ3v) is 3.97. The minimum atomic E-state index is 0. The van der Waals surface area contributed by atoms with Gasteiger partial charge in [0.25, 0.3) is 0 Å². The molecular weight excluding hydrogens is 331 g/mol. The number of aryl methyl sites for hydroxylation is 1. The van der Waals surface area contributed by atoms with Crippen LogP contribution in [0, 0.1) is 6.92 Å². The molecule has 0 aliphatic carbocycles. The molecule has 2 aromatic rings. The monoisotopic (exact) mass is 354 g/mol. The van der Waals surface area contributed by atoms with E-state index < -0.39 is 0 Å². The van der Waals surface area contributed by atoms with Crippen LogP contribution in [0.1, 0.15) is 25.0 Å². The van der Waals surface area contributed by atoms with Crippen LogP contribution in [0.5, 0.6) is 0 Å². The summed E-state index contributed by atoms with van der Waals surface area (Å²) in [4.78, 5) is 11.7. The number of anilines is 1. The quantitative estimate of drug-likeness (QED) is 0.894. The van der Waals surface area contributed by atoms with Gasteiger partial charge in [-0.15, -0.1) is 24.8 Å². The predicted octanol–water partition coefficient (Wildman–Crippen LogP) is 3.61. The van der Waals surface area contributed by atoms with Crippen molar-refractivity contribution >= 4 is 30.6 Å². The van der Waals surface area contributed by atoms with Gasteiger partial charge in [-0.3, -0.25) is 0 Å². The maximum Gasteiger partial charge on any atom is 0.161 e. The first-order valence-electron chi connectivity index (χ1n) is 7.64. The molecule has 1 aromatic heterocycles. The zero-order chi connectivity index (χ0) is 14.7. The molecule has 1 aliphatic rings. The number of hydrogen-bond acceptors (Lipinski definition) is 4. The van der Waals surface area contributed by atoms with Crippen LogP contribution in [-0.2, 0) is 0 Å². The Bertz CT molecular complexity index is 607. The van der Waals surface area contributed by atoms with E-state index in [0.29, 0.717) is 6.04 Å². The lowest BCUT2D eigenvalue weighted by Gasteiger charge is -2.22. The molecule has 1 fully saturated rings. The van der Waals surface area contributed by atoms with E-state index in [4.69, 9.17) is 10.7 Å². The van der Waals surface area contributed by atoms with Gasteiger partial charge in [-0.05, 0) is 26.2 Å². The summed E-state index contributed by atoms with van der Waals surface area (Å²) in [5, 5.41) is 0. The van der Waals surface area contributed by atoms with Crippen LogP contribution in [0.4, 0.5) is 5.82 Å². The molecule has 126 valence electrons. The highest BCUT2D eigenvalue weighted by Gasteiger charge is 2.16. The van der Waals surface area contributed by atoms with Crippen molar-refractivity contribution in [2.75, 3.05) is 18.0 Å². The van der Waals surface area contributed by atoms with Crippen LogP contribution >= 0.6 is 24.8 Å². The van der Waals surface area contributed by atoms with E-state index in [1.54, 1.807) is 0 Å². The summed E-state index contributed by atoms with van der Waals surface area (Å²) >= 11 is 0. The average molecular weight is 355 g/mol. The maximum atomic E-state index is 6.07. The molecule has 0 radical (unpaired) electrons. The summed E-state index contributed by atoms with van der Waals surface area (Å²) in [6.45, 7) is 4.03. The number of aromatic nitrogens is 2. The number of rotatable bonds is 2. The predicted molar refractivity (Wildman–Crippen MR) is 101 cm³/mol. The van der Waals surface area contributed by atoms with Gasteiger partial charge in [-0.1, -0.05) is 30.3 Å². The number of benzene rings is 1. The summed E-state index contributed by atoms with van der Waals surface area (Å²) in [5.41, 5.74) is 8.14. The third-order valence-electron chi connectivity index (χ3n) is 3.97. The highest BCUT2D eigenvalue weighted by atomic mass is 35.5. The topological polar surface area (TPSA) is 55.0 Å². The Hall–Kier alpha value is -1.36. The van der Waals surface area contributed by atoms with Gasteiger partial charge in [-0.25, -0.2) is 9.97 Å². The van der Waals surface area contributed by atoms with Gasteiger partial charge in [0.2, 0.25) is 0 Å². The van der Waals surface area contributed by atoms with Gasteiger partial charge in [0.05, 0.1) is 0 Å². The summed E-state index contributed by atoms with van der Waals surface area (Å²) in [6, 6.07) is 12.6. The van der Waals surface area contributed by atoms with Crippen molar-refractivity contribution in [1.29, 1.82) is 0 Å². The van der Waals surface area contributed by atoms with Crippen molar-refractivity contribution in [2.24, 2.45) is 5.73 Å². The molecule has 0 bridgehead atoms. The lowest BCUT2D eigenvalue weighted by atomic mass is 10.1. The molecular formula is C17H24Cl2N4. The van der Waals surface area contributed by atoms with Gasteiger partial charge < -0.3 is 10.6 Å². The molecule has 0 spiro atoms. The summed E-state index contributed by atoms with van der Waals surface area (Å²) in [7, 11) is 0. The van der Waals surface area contributed by atoms with Gasteiger partial charge >= 0.3 is 0 Å². The van der Waals surface area contributed by atoms with E-state index in [9.17, 15) is 0 Å². The lowest BCUT2D eigenvalue weighted by Crippen LogP contribution is -2.27. The standard InChI is InChI=1S/C17H22N4.2ClH/c1-13-12-16(21-10-5-8-15(18)9-11-21)20-17(19-13)14-6-3-2-4-7-14;;/h2-4,6-7,12,15H,5,8-11,18H2,1H3;2*1H. The molecule has 0 amide bonds. The molecule has 2 heterocycles. The molecule has 1 atom stereocenters. The van der Waals surface area contributed by atoms with Crippen molar-refractivity contribution in [3.8, 4) is 11.4 Å². The second-order valence-electron chi connectivity index (χ2n) is 5.74. The minimum absolute atomic E-state index is 0. The normalized spacial score (nSPS) is 17.7. The van der Waals surface area contributed by atoms with Crippen molar-refractivity contribution in [3.05, 3.63) is 42.1 Å². The second kappa shape index (κ2) is 9.06. The zero-order valence-electron chi connectivity index (χ0n) is 13.3. The number of nitrogens with two attached hydrogens (primary N) is 1. The first-order valence-corrected chi connectivity index (χ1v) is 7.64. The van der Waals surface area contributed by atoms with E-state index in [-0.39, 0.29) is 24.8 Å². The molecule has 1 saturated heterocycles. The molecule has 1 aromatic carbocycles. The van der Waals surface area contributed by atoms with Crippen molar-refractivity contribution in [2.45, 2.75) is 32.2 Å². The summed E-state index contributed by atoms with van der Waals surface area (Å²) in [6.07, 6.45) is 3.26. The van der Waals surface area contributed by atoms with Gasteiger partial charge in [0, 0.05) is 36.5 Å². The van der Waals surface area contributed by atoms with E-state index in [1.807, 2.05) is 25.1 Å². The highest BCUT2D eigenvalue weighted by Crippen LogP contribution is 2.22. The fraction of sp³-hybridized carbons (Fsp3) is 0.412. The Kier molecular flexibility index (Phi) is 7.76. The number of halogens is 2. The Morgan fingerprint density at radius 3 is 2.52 bits per heavy atom. The largest absolute Gasteiger partial charge is 0.356 e. The highest BCUT2D eigenvalue weighted by molar-refractivity contribution is 5.85. The molecule has 23 heavy (non-hydrogen) atoms. The Morgan fingerprint density at radius 2 is 1.78 bits per heavy atom. The Morgan fingerprint density at radius 1 is 1.04 bits per heavy atom. The number of hydrogen-bond donors (Lipinski definition) is 1. The Labute approximate surface area is 150 Å². The maximum absolute atomic E-state index is 6.07. The van der Waals surface area contributed by atoms with Crippen LogP contribution in [0.3, 0.4) is 0 Å². The summed E-state index contributed by atoms with van der Waals surface area (Å²) in [5.74, 6) is 1.83. The van der Waals surface area contributed by atoms with E-state index in [2.05, 4.69) is 28.1 Å². The zero-order valence-corrected chi connectivity index (χ0v) is 14.9. The lowest BCUT2D eigenvalue weighted by molar-refractivity contribution is 0.601. The fourth-order valence-corrected chi connectivity index (χ4v) is 2.78. The molecule has 1 aliphatic heterocycles. The van der Waals surface area contributed by atoms with Crippen LogP contribution in [0.2, 0.25) is 0 Å². The third kappa shape index (κ3) is 5.06. The minimum Gasteiger partial charge on any atom is -0.356 e. The summed E-state index contributed by atoms with van der Waals surface area (Å²) < 4.78 is 0. The first-order chi connectivity index (χ1) is 10.2. The number of nitrogens with zero attached hydrogens (tertiary/aromatic N) is 3. The fourth-order valence-electron chi connectivity index (χ4n) is 2.78. The molecule has 0 saturated carbocycles. The molecule has 6 heteroatoms. The van der Waals surface area contributed by atoms with Gasteiger partial charge in [-0.2, -0.15) is 0 Å². The van der Waals surface area contributed by atoms with Crippen LogP contribution in [0.25, 0.3) is 11.4 Å². The molecule has 2 N–H and O–H groups in total. The van der Waals surface area contributed by atoms with Crippen LogP contribution < -0.4 is 10.6 Å². The van der Waals surface area contributed by atoms with Crippen molar-refractivity contribution in [1.82, 2.24) is 9.97 Å². The molecule has 3 rings (SSSR count). The smallest absolute Gasteiger partial charge is 0.161 e. The van der Waals surface area contributed by atoms with E-state index >= 15 is 0 Å². The van der Waals surface area contributed by atoms with Gasteiger partial charge in [0.15, 0.2) is 5.82 Å². The first kappa shape index (κ1) is 19.7. The van der Waals surface area contributed by atoms with Crippen molar-refractivity contribution < 1.29 is 0 Å². The Balaban J connectivity index is 0.00000132. The second-order valence-corrected chi connectivity index (χ2v) is 5.74. The molecule has 1 unspecified atom stereocenters. The molecule has 4 nitrogen and oxygen atoms in total. The van der Waals surface area contributed by atoms with Gasteiger partial charge in [0.1, 0.15) is 5.82 Å². The van der Waals surface area contributed by atoms with Crippen LogP contribution in [-0.4, -0.2) is 29.1 Å². The van der Waals surface area contributed by atoms with E-state index in [1.165, 1.54) is 0 Å². The van der Waals surface area contributed by atoms with Crippen molar-refractivity contribution in [3.63, 3.8) is 0 Å². The van der Waals surface area contributed by atoms with Crippen LogP contribution in [0.15, 0.2) is 36.4 Å². The average Bonchev–Trinajstić information content (AvgIpc) is 2.72. The van der Waals surface area contributed by atoms with E-state index in [0.717, 1.165) is 55.3 Å².